The van der Waals surface area contributed by atoms with Crippen molar-refractivity contribution in [1.29, 1.82) is 0 Å². The van der Waals surface area contributed by atoms with Gasteiger partial charge in [0.05, 0.1) is 29.5 Å². The van der Waals surface area contributed by atoms with E-state index in [1.54, 1.807) is 0 Å². The molecule has 0 unspecified atom stereocenters. The average Bonchev–Trinajstić information content (AvgIpc) is 3.05. The monoisotopic (exact) mass is 364 g/mol. The van der Waals surface area contributed by atoms with Crippen molar-refractivity contribution < 1.29 is 9.59 Å². The lowest BCUT2D eigenvalue weighted by atomic mass is 10.0. The average molecular weight is 364 g/mol. The first-order valence-electron chi connectivity index (χ1n) is 9.00. The van der Waals surface area contributed by atoms with Crippen LogP contribution in [0.5, 0.6) is 0 Å². The third kappa shape index (κ3) is 4.73. The lowest BCUT2D eigenvalue weighted by Gasteiger charge is -2.19. The number of nitrogens with zero attached hydrogens (tertiary/aromatic N) is 1. The molecule has 0 aliphatic heterocycles. The van der Waals surface area contributed by atoms with Gasteiger partial charge in [-0.05, 0) is 31.5 Å². The summed E-state index contributed by atoms with van der Waals surface area (Å²) in [7, 11) is 0. The van der Waals surface area contributed by atoms with Gasteiger partial charge in [0.1, 0.15) is 5.82 Å². The van der Waals surface area contributed by atoms with Gasteiger partial charge in [-0.3, -0.25) is 9.59 Å². The molecule has 27 heavy (non-hydrogen) atoms. The number of para-hydroxylation sites is 2. The Kier molecular flexibility index (Phi) is 5.54. The molecule has 1 aromatic heterocycles. The molecule has 140 valence electrons. The van der Waals surface area contributed by atoms with E-state index >= 15 is 0 Å². The number of hydrogen-bond donors (Lipinski definition) is 3. The molecule has 6 nitrogen and oxygen atoms in total. The van der Waals surface area contributed by atoms with E-state index in [4.69, 9.17) is 0 Å². The van der Waals surface area contributed by atoms with E-state index in [-0.39, 0.29) is 30.3 Å². The van der Waals surface area contributed by atoms with Gasteiger partial charge in [-0.25, -0.2) is 4.98 Å². The van der Waals surface area contributed by atoms with Gasteiger partial charge < -0.3 is 15.6 Å². The van der Waals surface area contributed by atoms with Gasteiger partial charge in [0, 0.05) is 6.92 Å². The van der Waals surface area contributed by atoms with Gasteiger partial charge in [0.2, 0.25) is 11.8 Å². The Balaban J connectivity index is 1.69. The van der Waals surface area contributed by atoms with Crippen molar-refractivity contribution in [3.8, 4) is 0 Å². The number of nitrogens with one attached hydrogen (secondary N) is 3. The van der Waals surface area contributed by atoms with Crippen molar-refractivity contribution in [3.05, 3.63) is 65.5 Å². The number of H-pyrrole nitrogens is 1. The van der Waals surface area contributed by atoms with Crippen LogP contribution in [0.2, 0.25) is 0 Å². The molecule has 0 spiro atoms. The smallest absolute Gasteiger partial charge is 0.222 e. The number of carbonyl (C=O) groups is 2. The third-order valence-corrected chi connectivity index (χ3v) is 4.44. The number of benzene rings is 2. The second-order valence-corrected chi connectivity index (χ2v) is 6.80. The summed E-state index contributed by atoms with van der Waals surface area (Å²) in [5.41, 5.74) is 3.83. The zero-order chi connectivity index (χ0) is 19.4. The number of hydrogen-bond acceptors (Lipinski definition) is 3. The maximum absolute atomic E-state index is 12.6. The summed E-state index contributed by atoms with van der Waals surface area (Å²) in [5.74, 6) is 0.386. The van der Waals surface area contributed by atoms with Crippen LogP contribution in [0.3, 0.4) is 0 Å². The molecule has 3 aromatic rings. The van der Waals surface area contributed by atoms with Crippen molar-refractivity contribution >= 4 is 22.8 Å². The van der Waals surface area contributed by atoms with Crippen LogP contribution in [0, 0.1) is 6.92 Å². The molecule has 0 aliphatic carbocycles. The molecule has 2 aromatic carbocycles. The number of rotatable bonds is 6. The predicted octanol–water partition coefficient (Wildman–Crippen LogP) is 3.32. The summed E-state index contributed by atoms with van der Waals surface area (Å²) in [6.45, 7) is 5.34. The van der Waals surface area contributed by atoms with E-state index in [0.29, 0.717) is 5.82 Å². The highest BCUT2D eigenvalue weighted by Crippen LogP contribution is 2.19. The maximum atomic E-state index is 12.6. The van der Waals surface area contributed by atoms with Crippen LogP contribution in [-0.4, -0.2) is 21.8 Å². The highest BCUT2D eigenvalue weighted by atomic mass is 16.2. The summed E-state index contributed by atoms with van der Waals surface area (Å²) in [6.07, 6.45) is 0.160. The zero-order valence-corrected chi connectivity index (χ0v) is 15.7. The lowest BCUT2D eigenvalue weighted by molar-refractivity contribution is -0.123. The second kappa shape index (κ2) is 8.03. The van der Waals surface area contributed by atoms with E-state index in [0.717, 1.165) is 22.2 Å². The third-order valence-electron chi connectivity index (χ3n) is 4.44. The Hall–Kier alpha value is -3.15. The topological polar surface area (TPSA) is 86.9 Å². The fourth-order valence-corrected chi connectivity index (χ4v) is 3.03. The number of carbonyl (C=O) groups excluding carboxylic acids is 2. The van der Waals surface area contributed by atoms with Gasteiger partial charge in [0.25, 0.3) is 0 Å². The Morgan fingerprint density at radius 1 is 1.07 bits per heavy atom. The van der Waals surface area contributed by atoms with Gasteiger partial charge in [-0.1, -0.05) is 42.0 Å². The Morgan fingerprint density at radius 3 is 2.44 bits per heavy atom. The first-order valence-corrected chi connectivity index (χ1v) is 9.00. The minimum Gasteiger partial charge on any atom is -0.349 e. The van der Waals surface area contributed by atoms with Crippen LogP contribution in [0.25, 0.3) is 11.0 Å². The predicted molar refractivity (Wildman–Crippen MR) is 105 cm³/mol. The standard InChI is InChI=1S/C21H24N4O2/c1-13-8-10-16(11-9-13)19(23-15(3)26)12-20(27)22-14(2)21-24-17-6-4-5-7-18(17)25-21/h4-11,14,19H,12H2,1-3H3,(H,22,27)(H,23,26)(H,24,25)/t14-,19-/m1/s1. The van der Waals surface area contributed by atoms with Crippen LogP contribution < -0.4 is 10.6 Å². The molecule has 0 saturated heterocycles. The molecule has 0 bridgehead atoms. The van der Waals surface area contributed by atoms with Gasteiger partial charge >= 0.3 is 0 Å². The molecule has 6 heteroatoms. The quantitative estimate of drug-likeness (QED) is 0.627. The largest absolute Gasteiger partial charge is 0.349 e. The molecule has 2 amide bonds. The Labute approximate surface area is 158 Å². The fourth-order valence-electron chi connectivity index (χ4n) is 3.03. The van der Waals surface area contributed by atoms with Crippen molar-refractivity contribution in [2.45, 2.75) is 39.3 Å². The van der Waals surface area contributed by atoms with Crippen LogP contribution in [0.4, 0.5) is 0 Å². The summed E-state index contributed by atoms with van der Waals surface area (Å²) in [5, 5.41) is 5.82. The number of aromatic amines is 1. The lowest BCUT2D eigenvalue weighted by Crippen LogP contribution is -2.34. The molecule has 3 rings (SSSR count). The van der Waals surface area contributed by atoms with E-state index in [1.807, 2.05) is 62.4 Å². The fraction of sp³-hybridized carbons (Fsp3) is 0.286. The van der Waals surface area contributed by atoms with Crippen LogP contribution in [0.15, 0.2) is 48.5 Å². The minimum atomic E-state index is -0.369. The second-order valence-electron chi connectivity index (χ2n) is 6.80. The molecule has 1 heterocycles. The van der Waals surface area contributed by atoms with Gasteiger partial charge in [-0.2, -0.15) is 0 Å². The highest BCUT2D eigenvalue weighted by molar-refractivity contribution is 5.80. The van der Waals surface area contributed by atoms with E-state index in [9.17, 15) is 9.59 Å². The van der Waals surface area contributed by atoms with Crippen molar-refractivity contribution in [3.63, 3.8) is 0 Å². The zero-order valence-electron chi connectivity index (χ0n) is 15.7. The Morgan fingerprint density at radius 2 is 1.78 bits per heavy atom. The van der Waals surface area contributed by atoms with E-state index in [2.05, 4.69) is 20.6 Å². The highest BCUT2D eigenvalue weighted by Gasteiger charge is 2.20. The van der Waals surface area contributed by atoms with Crippen molar-refractivity contribution in [1.82, 2.24) is 20.6 Å². The summed E-state index contributed by atoms with van der Waals surface area (Å²) >= 11 is 0. The number of fused-ring (bicyclic) bond motifs is 1. The van der Waals surface area contributed by atoms with Crippen molar-refractivity contribution in [2.75, 3.05) is 0 Å². The van der Waals surface area contributed by atoms with Crippen LogP contribution in [0.1, 0.15) is 49.3 Å². The van der Waals surface area contributed by atoms with Gasteiger partial charge in [-0.15, -0.1) is 0 Å². The number of amides is 2. The van der Waals surface area contributed by atoms with Crippen LogP contribution >= 0.6 is 0 Å². The summed E-state index contributed by atoms with van der Waals surface area (Å²) in [6, 6.07) is 14.9. The normalized spacial score (nSPS) is 13.1. The molecule has 0 radical (unpaired) electrons. The number of aryl methyl sites for hydroxylation is 1. The Bertz CT molecular complexity index is 913. The first kappa shape index (κ1) is 18.6. The van der Waals surface area contributed by atoms with Crippen LogP contribution in [-0.2, 0) is 9.59 Å². The van der Waals surface area contributed by atoms with Crippen molar-refractivity contribution in [2.24, 2.45) is 0 Å². The SMILES string of the molecule is CC(=O)N[C@H](CC(=O)N[C@H](C)c1nc2ccccc2[nH]1)c1ccc(C)cc1. The molecular weight excluding hydrogens is 340 g/mol. The molecule has 0 fully saturated rings. The summed E-state index contributed by atoms with van der Waals surface area (Å²) in [4.78, 5) is 31.9. The molecule has 2 atom stereocenters. The maximum Gasteiger partial charge on any atom is 0.222 e. The number of imidazole rings is 1. The number of aromatic nitrogens is 2. The van der Waals surface area contributed by atoms with E-state index in [1.165, 1.54) is 6.92 Å². The molecule has 0 aliphatic rings. The molecule has 3 N–H and O–H groups in total. The molecular formula is C21H24N4O2. The minimum absolute atomic E-state index is 0.151. The first-order chi connectivity index (χ1) is 12.9. The molecule has 0 saturated carbocycles. The summed E-state index contributed by atoms with van der Waals surface area (Å²) < 4.78 is 0. The van der Waals surface area contributed by atoms with E-state index < -0.39 is 0 Å². The van der Waals surface area contributed by atoms with Gasteiger partial charge in [0.15, 0.2) is 0 Å².